The lowest BCUT2D eigenvalue weighted by Crippen LogP contribution is -1.86. The van der Waals surface area contributed by atoms with Crippen LogP contribution in [0.15, 0.2) is 47.1 Å². The van der Waals surface area contributed by atoms with Crippen molar-refractivity contribution in [3.05, 3.63) is 52.1 Å². The molecule has 17 heavy (non-hydrogen) atoms. The van der Waals surface area contributed by atoms with Crippen molar-refractivity contribution in [3.63, 3.8) is 0 Å². The minimum absolute atomic E-state index is 0.642. The Labute approximate surface area is 111 Å². The van der Waals surface area contributed by atoms with Gasteiger partial charge in [0, 0.05) is 16.2 Å². The van der Waals surface area contributed by atoms with E-state index < -0.39 is 0 Å². The van der Waals surface area contributed by atoms with Crippen LogP contribution >= 0.6 is 27.5 Å². The summed E-state index contributed by atoms with van der Waals surface area (Å²) in [6, 6.07) is 11.5. The van der Waals surface area contributed by atoms with Crippen molar-refractivity contribution in [1.82, 2.24) is 14.6 Å². The molecule has 0 aliphatic rings. The number of hydrogen-bond acceptors (Lipinski definition) is 2. The van der Waals surface area contributed by atoms with Gasteiger partial charge in [0.25, 0.3) is 0 Å². The largest absolute Gasteiger partial charge is 0.219 e. The lowest BCUT2D eigenvalue weighted by atomic mass is 10.2. The lowest BCUT2D eigenvalue weighted by Gasteiger charge is -1.94. The van der Waals surface area contributed by atoms with Gasteiger partial charge in [-0.15, -0.1) is 5.10 Å². The van der Waals surface area contributed by atoms with Crippen LogP contribution in [0.5, 0.6) is 0 Å². The van der Waals surface area contributed by atoms with Gasteiger partial charge >= 0.3 is 0 Å². The van der Waals surface area contributed by atoms with Crippen molar-refractivity contribution >= 4 is 33.2 Å². The molecular formula is C12H7BrClN3. The Bertz CT molecular complexity index is 693. The van der Waals surface area contributed by atoms with Crippen LogP contribution in [0.2, 0.25) is 5.02 Å². The smallest absolute Gasteiger partial charge is 0.182 e. The van der Waals surface area contributed by atoms with Crippen molar-refractivity contribution in [2.45, 2.75) is 0 Å². The summed E-state index contributed by atoms with van der Waals surface area (Å²) in [5.41, 5.74) is 1.75. The highest BCUT2D eigenvalue weighted by Gasteiger charge is 2.06. The quantitative estimate of drug-likeness (QED) is 0.684. The second kappa shape index (κ2) is 4.13. The Balaban J connectivity index is 2.18. The first-order chi connectivity index (χ1) is 8.22. The number of rotatable bonds is 1. The summed E-state index contributed by atoms with van der Waals surface area (Å²) in [5, 5.41) is 5.03. The van der Waals surface area contributed by atoms with Gasteiger partial charge in [-0.05, 0) is 24.3 Å². The highest BCUT2D eigenvalue weighted by molar-refractivity contribution is 9.10. The topological polar surface area (TPSA) is 30.2 Å². The van der Waals surface area contributed by atoms with E-state index in [1.807, 2.05) is 30.3 Å². The standard InChI is InChI=1S/C12H7BrClN3/c13-9-3-1-2-8(6-9)12-15-11-5-4-10(14)7-17(11)16-12/h1-7H. The molecule has 0 saturated heterocycles. The molecule has 2 aromatic heterocycles. The summed E-state index contributed by atoms with van der Waals surface area (Å²) >= 11 is 9.33. The maximum absolute atomic E-state index is 5.90. The molecule has 84 valence electrons. The maximum atomic E-state index is 5.90. The molecule has 0 saturated carbocycles. The van der Waals surface area contributed by atoms with E-state index in [1.165, 1.54) is 0 Å². The van der Waals surface area contributed by atoms with Crippen molar-refractivity contribution in [3.8, 4) is 11.4 Å². The number of fused-ring (bicyclic) bond motifs is 1. The first-order valence-corrected chi connectivity index (χ1v) is 6.17. The first-order valence-electron chi connectivity index (χ1n) is 5.00. The van der Waals surface area contributed by atoms with E-state index in [4.69, 9.17) is 11.6 Å². The fourth-order valence-electron chi connectivity index (χ4n) is 1.61. The molecule has 3 nitrogen and oxygen atoms in total. The third kappa shape index (κ3) is 2.06. The number of hydrogen-bond donors (Lipinski definition) is 0. The molecule has 3 aromatic rings. The predicted octanol–water partition coefficient (Wildman–Crippen LogP) is 3.81. The van der Waals surface area contributed by atoms with E-state index in [1.54, 1.807) is 16.8 Å². The Kier molecular flexibility index (Phi) is 2.61. The predicted molar refractivity (Wildman–Crippen MR) is 71.1 cm³/mol. The molecule has 1 aromatic carbocycles. The molecule has 0 atom stereocenters. The first kappa shape index (κ1) is 10.7. The van der Waals surface area contributed by atoms with E-state index in [0.29, 0.717) is 10.8 Å². The van der Waals surface area contributed by atoms with Crippen LogP contribution in [-0.4, -0.2) is 14.6 Å². The molecule has 0 spiro atoms. The third-order valence-corrected chi connectivity index (χ3v) is 3.09. The van der Waals surface area contributed by atoms with Crippen molar-refractivity contribution in [1.29, 1.82) is 0 Å². The second-order valence-corrected chi connectivity index (χ2v) is 4.95. The summed E-state index contributed by atoms with van der Waals surface area (Å²) in [5.74, 6) is 0.688. The summed E-state index contributed by atoms with van der Waals surface area (Å²) in [7, 11) is 0. The van der Waals surface area contributed by atoms with E-state index in [2.05, 4.69) is 26.0 Å². The Morgan fingerprint density at radius 3 is 2.88 bits per heavy atom. The number of pyridine rings is 1. The van der Waals surface area contributed by atoms with E-state index in [9.17, 15) is 0 Å². The number of benzene rings is 1. The number of halogens is 2. The van der Waals surface area contributed by atoms with Crippen LogP contribution in [-0.2, 0) is 0 Å². The van der Waals surface area contributed by atoms with Gasteiger partial charge in [0.05, 0.1) is 5.02 Å². The van der Waals surface area contributed by atoms with Crippen LogP contribution in [0, 0.1) is 0 Å². The number of aromatic nitrogens is 3. The zero-order valence-corrected chi connectivity index (χ0v) is 11.0. The molecule has 0 amide bonds. The van der Waals surface area contributed by atoms with Crippen molar-refractivity contribution in [2.24, 2.45) is 0 Å². The molecule has 2 heterocycles. The van der Waals surface area contributed by atoms with Gasteiger partial charge in [0.1, 0.15) is 0 Å². The monoisotopic (exact) mass is 307 g/mol. The van der Waals surface area contributed by atoms with E-state index in [0.717, 1.165) is 15.7 Å². The molecule has 0 unspecified atom stereocenters. The minimum Gasteiger partial charge on any atom is -0.219 e. The van der Waals surface area contributed by atoms with E-state index >= 15 is 0 Å². The summed E-state index contributed by atoms with van der Waals surface area (Å²) in [6.07, 6.45) is 1.74. The van der Waals surface area contributed by atoms with Gasteiger partial charge in [0.2, 0.25) is 0 Å². The molecule has 5 heteroatoms. The van der Waals surface area contributed by atoms with Gasteiger partial charge in [-0.25, -0.2) is 9.50 Å². The lowest BCUT2D eigenvalue weighted by molar-refractivity contribution is 0.966. The number of nitrogens with zero attached hydrogens (tertiary/aromatic N) is 3. The van der Waals surface area contributed by atoms with Crippen molar-refractivity contribution in [2.75, 3.05) is 0 Å². The van der Waals surface area contributed by atoms with E-state index in [-0.39, 0.29) is 0 Å². The molecule has 0 radical (unpaired) electrons. The molecule has 0 fully saturated rings. The van der Waals surface area contributed by atoms with Crippen LogP contribution in [0.4, 0.5) is 0 Å². The summed E-state index contributed by atoms with van der Waals surface area (Å²) < 4.78 is 2.69. The van der Waals surface area contributed by atoms with Crippen molar-refractivity contribution < 1.29 is 0 Å². The average Bonchev–Trinajstić information content (AvgIpc) is 2.72. The summed E-state index contributed by atoms with van der Waals surface area (Å²) in [4.78, 5) is 4.44. The Morgan fingerprint density at radius 1 is 1.18 bits per heavy atom. The van der Waals surface area contributed by atoms with Gasteiger partial charge in [-0.3, -0.25) is 0 Å². The molecule has 3 rings (SSSR count). The fraction of sp³-hybridized carbons (Fsp3) is 0. The van der Waals surface area contributed by atoms with Gasteiger partial charge < -0.3 is 0 Å². The zero-order chi connectivity index (χ0) is 11.8. The highest BCUT2D eigenvalue weighted by Crippen LogP contribution is 2.21. The highest BCUT2D eigenvalue weighted by atomic mass is 79.9. The molecule has 0 bridgehead atoms. The molecular weight excluding hydrogens is 302 g/mol. The summed E-state index contributed by atoms with van der Waals surface area (Å²) in [6.45, 7) is 0. The van der Waals surface area contributed by atoms with Gasteiger partial charge in [-0.1, -0.05) is 39.7 Å². The van der Waals surface area contributed by atoms with Crippen LogP contribution in [0.1, 0.15) is 0 Å². The maximum Gasteiger partial charge on any atom is 0.182 e. The average molecular weight is 309 g/mol. The molecule has 0 aliphatic carbocycles. The van der Waals surface area contributed by atoms with Crippen LogP contribution < -0.4 is 0 Å². The fourth-order valence-corrected chi connectivity index (χ4v) is 2.16. The normalized spacial score (nSPS) is 10.9. The third-order valence-electron chi connectivity index (χ3n) is 2.38. The minimum atomic E-state index is 0.642. The zero-order valence-electron chi connectivity index (χ0n) is 8.64. The molecule has 0 N–H and O–H groups in total. The Morgan fingerprint density at radius 2 is 2.06 bits per heavy atom. The second-order valence-electron chi connectivity index (χ2n) is 3.60. The van der Waals surface area contributed by atoms with Gasteiger partial charge in [0.15, 0.2) is 11.5 Å². The Hall–Kier alpha value is -1.39. The van der Waals surface area contributed by atoms with Crippen LogP contribution in [0.25, 0.3) is 17.0 Å². The SMILES string of the molecule is Clc1ccc2nc(-c3cccc(Br)c3)nn2c1. The molecule has 0 aliphatic heterocycles. The van der Waals surface area contributed by atoms with Crippen LogP contribution in [0.3, 0.4) is 0 Å². The van der Waals surface area contributed by atoms with Gasteiger partial charge in [-0.2, -0.15) is 0 Å².